The summed E-state index contributed by atoms with van der Waals surface area (Å²) >= 11 is 12.0. The lowest BCUT2D eigenvalue weighted by molar-refractivity contribution is 0.414. The van der Waals surface area contributed by atoms with E-state index in [4.69, 9.17) is 27.6 Å². The number of aromatic nitrogens is 1. The Balaban J connectivity index is 2.13. The van der Waals surface area contributed by atoms with Gasteiger partial charge in [0.25, 0.3) is 0 Å². The number of nitrogens with zero attached hydrogens (tertiary/aromatic N) is 1. The van der Waals surface area contributed by atoms with Crippen molar-refractivity contribution in [3.8, 4) is 0 Å². The van der Waals surface area contributed by atoms with Crippen LogP contribution in [0.5, 0.6) is 0 Å². The molecule has 1 aromatic heterocycles. The molecule has 0 aliphatic carbocycles. The smallest absolute Gasteiger partial charge is 0.196 e. The van der Waals surface area contributed by atoms with Gasteiger partial charge in [0, 0.05) is 23.5 Å². The van der Waals surface area contributed by atoms with Crippen molar-refractivity contribution in [3.05, 3.63) is 28.1 Å². The predicted octanol–water partition coefficient (Wildman–Crippen LogP) is 4.07. The van der Waals surface area contributed by atoms with E-state index in [-0.39, 0.29) is 5.54 Å². The Morgan fingerprint density at radius 2 is 2.00 bits per heavy atom. The van der Waals surface area contributed by atoms with Gasteiger partial charge in [0.2, 0.25) is 0 Å². The summed E-state index contributed by atoms with van der Waals surface area (Å²) in [6.45, 7) is 7.17. The van der Waals surface area contributed by atoms with Crippen LogP contribution in [-0.2, 0) is 6.42 Å². The van der Waals surface area contributed by atoms with Crippen molar-refractivity contribution < 1.29 is 4.42 Å². The van der Waals surface area contributed by atoms with Gasteiger partial charge in [-0.15, -0.1) is 0 Å². The molecule has 0 atom stereocenters. The minimum Gasteiger partial charge on any atom is -0.439 e. The fourth-order valence-electron chi connectivity index (χ4n) is 1.66. The molecule has 0 saturated heterocycles. The highest BCUT2D eigenvalue weighted by molar-refractivity contribution is 6.37. The highest BCUT2D eigenvalue weighted by Crippen LogP contribution is 2.28. The maximum atomic E-state index is 6.05. The molecule has 0 spiro atoms. The summed E-state index contributed by atoms with van der Waals surface area (Å²) in [5.74, 6) is 0.672. The second kappa shape index (κ2) is 5.08. The van der Waals surface area contributed by atoms with Gasteiger partial charge in [-0.25, -0.2) is 4.98 Å². The van der Waals surface area contributed by atoms with E-state index in [1.165, 1.54) is 0 Å². The molecule has 1 N–H and O–H groups in total. The molecule has 18 heavy (non-hydrogen) atoms. The first kappa shape index (κ1) is 13.7. The highest BCUT2D eigenvalue weighted by Gasteiger charge is 2.12. The van der Waals surface area contributed by atoms with E-state index >= 15 is 0 Å². The van der Waals surface area contributed by atoms with Crippen molar-refractivity contribution in [2.75, 3.05) is 6.54 Å². The van der Waals surface area contributed by atoms with Crippen LogP contribution in [0, 0.1) is 0 Å². The van der Waals surface area contributed by atoms with Crippen LogP contribution < -0.4 is 5.32 Å². The third kappa shape index (κ3) is 3.37. The van der Waals surface area contributed by atoms with E-state index in [0.717, 1.165) is 13.0 Å². The Kier molecular flexibility index (Phi) is 3.85. The average Bonchev–Trinajstić information content (AvgIpc) is 2.58. The lowest BCUT2D eigenvalue weighted by Gasteiger charge is -2.19. The Morgan fingerprint density at radius 1 is 1.28 bits per heavy atom. The van der Waals surface area contributed by atoms with E-state index in [1.807, 2.05) is 0 Å². The number of hydrogen-bond donors (Lipinski definition) is 1. The number of benzene rings is 1. The Labute approximate surface area is 116 Å². The van der Waals surface area contributed by atoms with Crippen LogP contribution >= 0.6 is 23.2 Å². The number of halogens is 2. The molecule has 0 bridgehead atoms. The van der Waals surface area contributed by atoms with Crippen molar-refractivity contribution in [2.24, 2.45) is 0 Å². The van der Waals surface area contributed by atoms with Crippen molar-refractivity contribution >= 4 is 34.3 Å². The first-order chi connectivity index (χ1) is 8.35. The normalized spacial score (nSPS) is 12.3. The zero-order chi connectivity index (χ0) is 13.3. The third-order valence-electron chi connectivity index (χ3n) is 2.45. The molecule has 2 rings (SSSR count). The Morgan fingerprint density at radius 3 is 2.67 bits per heavy atom. The first-order valence-electron chi connectivity index (χ1n) is 5.85. The molecule has 1 heterocycles. The summed E-state index contributed by atoms with van der Waals surface area (Å²) in [6, 6.07) is 3.42. The lowest BCUT2D eigenvalue weighted by atomic mass is 10.1. The average molecular weight is 287 g/mol. The van der Waals surface area contributed by atoms with Crippen molar-refractivity contribution in [3.63, 3.8) is 0 Å². The number of oxazole rings is 1. The minimum atomic E-state index is 0.0902. The second-order valence-corrected chi connectivity index (χ2v) is 6.11. The van der Waals surface area contributed by atoms with Gasteiger partial charge in [0.05, 0.1) is 5.02 Å². The van der Waals surface area contributed by atoms with Gasteiger partial charge in [-0.05, 0) is 32.9 Å². The molecule has 0 amide bonds. The zero-order valence-electron chi connectivity index (χ0n) is 10.7. The SMILES string of the molecule is CC(C)(C)NCCc1nc2cc(Cl)cc(Cl)c2o1. The van der Waals surface area contributed by atoms with Gasteiger partial charge in [0.1, 0.15) is 5.52 Å². The molecular formula is C13H16Cl2N2O. The highest BCUT2D eigenvalue weighted by atomic mass is 35.5. The van der Waals surface area contributed by atoms with Crippen LogP contribution in [-0.4, -0.2) is 17.1 Å². The van der Waals surface area contributed by atoms with Gasteiger partial charge in [-0.3, -0.25) is 0 Å². The topological polar surface area (TPSA) is 38.1 Å². The number of rotatable bonds is 3. The maximum absolute atomic E-state index is 6.05. The Bertz CT molecular complexity index is 558. The van der Waals surface area contributed by atoms with E-state index in [9.17, 15) is 0 Å². The molecule has 0 aliphatic rings. The van der Waals surface area contributed by atoms with Crippen LogP contribution in [0.4, 0.5) is 0 Å². The maximum Gasteiger partial charge on any atom is 0.196 e. The molecule has 0 radical (unpaired) electrons. The Hall–Kier alpha value is -0.770. The van der Waals surface area contributed by atoms with Crippen molar-refractivity contribution in [2.45, 2.75) is 32.7 Å². The number of nitrogens with one attached hydrogen (secondary N) is 1. The molecule has 0 unspecified atom stereocenters. The molecule has 0 aliphatic heterocycles. The van der Waals surface area contributed by atoms with Crippen LogP contribution in [0.25, 0.3) is 11.1 Å². The predicted molar refractivity (Wildman–Crippen MR) is 75.5 cm³/mol. The van der Waals surface area contributed by atoms with Crippen molar-refractivity contribution in [1.82, 2.24) is 10.3 Å². The largest absolute Gasteiger partial charge is 0.439 e. The quantitative estimate of drug-likeness (QED) is 0.925. The summed E-state index contributed by atoms with van der Waals surface area (Å²) < 4.78 is 5.63. The summed E-state index contributed by atoms with van der Waals surface area (Å²) in [4.78, 5) is 4.38. The lowest BCUT2D eigenvalue weighted by Crippen LogP contribution is -2.37. The van der Waals surface area contributed by atoms with Gasteiger partial charge >= 0.3 is 0 Å². The van der Waals surface area contributed by atoms with Crippen LogP contribution in [0.3, 0.4) is 0 Å². The minimum absolute atomic E-state index is 0.0902. The fraction of sp³-hybridized carbons (Fsp3) is 0.462. The molecule has 5 heteroatoms. The third-order valence-corrected chi connectivity index (χ3v) is 2.95. The molecule has 0 fully saturated rings. The summed E-state index contributed by atoms with van der Waals surface area (Å²) in [5.41, 5.74) is 1.40. The summed E-state index contributed by atoms with van der Waals surface area (Å²) in [5, 5.41) is 4.45. The second-order valence-electron chi connectivity index (χ2n) is 5.27. The fourth-order valence-corrected chi connectivity index (χ4v) is 2.18. The van der Waals surface area contributed by atoms with E-state index in [2.05, 4.69) is 31.1 Å². The van der Waals surface area contributed by atoms with Gasteiger partial charge in [0.15, 0.2) is 11.5 Å². The molecule has 3 nitrogen and oxygen atoms in total. The standard InChI is InChI=1S/C13H16Cl2N2O/c1-13(2,3)16-5-4-11-17-10-7-8(14)6-9(15)12(10)18-11/h6-7,16H,4-5H2,1-3H3. The summed E-state index contributed by atoms with van der Waals surface area (Å²) in [6.07, 6.45) is 0.722. The number of fused-ring (bicyclic) bond motifs is 1. The van der Waals surface area contributed by atoms with E-state index in [1.54, 1.807) is 12.1 Å². The van der Waals surface area contributed by atoms with Gasteiger partial charge in [-0.1, -0.05) is 23.2 Å². The molecule has 2 aromatic rings. The van der Waals surface area contributed by atoms with E-state index in [0.29, 0.717) is 27.0 Å². The monoisotopic (exact) mass is 286 g/mol. The van der Waals surface area contributed by atoms with Gasteiger partial charge in [-0.2, -0.15) is 0 Å². The molecule has 1 aromatic carbocycles. The van der Waals surface area contributed by atoms with Crippen molar-refractivity contribution in [1.29, 1.82) is 0 Å². The summed E-state index contributed by atoms with van der Waals surface area (Å²) in [7, 11) is 0. The van der Waals surface area contributed by atoms with Crippen LogP contribution in [0.15, 0.2) is 16.5 Å². The van der Waals surface area contributed by atoms with Crippen LogP contribution in [0.1, 0.15) is 26.7 Å². The van der Waals surface area contributed by atoms with E-state index < -0.39 is 0 Å². The molecule has 0 saturated carbocycles. The zero-order valence-corrected chi connectivity index (χ0v) is 12.2. The molecule has 98 valence electrons. The first-order valence-corrected chi connectivity index (χ1v) is 6.60. The molecular weight excluding hydrogens is 271 g/mol. The number of hydrogen-bond acceptors (Lipinski definition) is 3. The van der Waals surface area contributed by atoms with Crippen LogP contribution in [0.2, 0.25) is 10.0 Å². The van der Waals surface area contributed by atoms with Gasteiger partial charge < -0.3 is 9.73 Å².